The molecule has 130 valence electrons. The number of rotatable bonds is 2. The summed E-state index contributed by atoms with van der Waals surface area (Å²) >= 11 is 0. The van der Waals surface area contributed by atoms with Crippen LogP contribution < -0.4 is 15.0 Å². The minimum atomic E-state index is -0.751. The Morgan fingerprint density at radius 1 is 1.12 bits per heavy atom. The average Bonchev–Trinajstić information content (AvgIpc) is 2.56. The molecule has 2 amide bonds. The van der Waals surface area contributed by atoms with E-state index in [1.807, 2.05) is 51.1 Å². The van der Waals surface area contributed by atoms with E-state index < -0.39 is 6.10 Å². The van der Waals surface area contributed by atoms with Gasteiger partial charge in [-0.25, -0.2) is 0 Å². The van der Waals surface area contributed by atoms with Crippen molar-refractivity contribution < 1.29 is 14.3 Å². The number of nitrogens with one attached hydrogen (secondary N) is 1. The minimum Gasteiger partial charge on any atom is -0.476 e. The fourth-order valence-electron chi connectivity index (χ4n) is 3.25. The van der Waals surface area contributed by atoms with Gasteiger partial charge in [0.15, 0.2) is 6.10 Å². The summed E-state index contributed by atoms with van der Waals surface area (Å²) in [5, 5.41) is 2.96. The van der Waals surface area contributed by atoms with Crippen molar-refractivity contribution in [2.45, 2.75) is 33.8 Å². The number of para-hydroxylation sites is 2. The van der Waals surface area contributed by atoms with E-state index in [2.05, 4.69) is 5.32 Å². The van der Waals surface area contributed by atoms with Gasteiger partial charge in [0.2, 0.25) is 5.91 Å². The van der Waals surface area contributed by atoms with Crippen molar-refractivity contribution in [2.75, 3.05) is 16.8 Å². The maximum atomic E-state index is 12.8. The molecule has 2 aromatic carbocycles. The molecule has 1 heterocycles. The van der Waals surface area contributed by atoms with Crippen LogP contribution in [0.3, 0.4) is 0 Å². The van der Waals surface area contributed by atoms with Crippen LogP contribution in [0.15, 0.2) is 36.4 Å². The molecule has 0 bridgehead atoms. The van der Waals surface area contributed by atoms with Gasteiger partial charge in [0.1, 0.15) is 5.75 Å². The van der Waals surface area contributed by atoms with Crippen molar-refractivity contribution >= 4 is 23.2 Å². The van der Waals surface area contributed by atoms with E-state index in [9.17, 15) is 9.59 Å². The number of carbonyl (C=O) groups is 2. The molecule has 25 heavy (non-hydrogen) atoms. The summed E-state index contributed by atoms with van der Waals surface area (Å²) in [5.41, 5.74) is 4.66. The van der Waals surface area contributed by atoms with Gasteiger partial charge in [-0.3, -0.25) is 9.59 Å². The van der Waals surface area contributed by atoms with Crippen LogP contribution in [0.25, 0.3) is 0 Å². The van der Waals surface area contributed by atoms with Crippen LogP contribution >= 0.6 is 0 Å². The topological polar surface area (TPSA) is 58.6 Å². The van der Waals surface area contributed by atoms with Crippen molar-refractivity contribution in [3.05, 3.63) is 53.1 Å². The molecule has 1 aliphatic heterocycles. The molecular formula is C20H22N2O3. The van der Waals surface area contributed by atoms with Gasteiger partial charge in [-0.05, 0) is 44.0 Å². The molecule has 2 aromatic rings. The Morgan fingerprint density at radius 2 is 1.76 bits per heavy atom. The molecule has 1 aliphatic rings. The van der Waals surface area contributed by atoms with E-state index in [1.54, 1.807) is 11.0 Å². The van der Waals surface area contributed by atoms with Crippen molar-refractivity contribution in [2.24, 2.45) is 0 Å². The highest BCUT2D eigenvalue weighted by Gasteiger charge is 2.32. The first-order valence-corrected chi connectivity index (χ1v) is 8.29. The summed E-state index contributed by atoms with van der Waals surface area (Å²) < 4.78 is 5.84. The lowest BCUT2D eigenvalue weighted by atomic mass is 10.0. The number of hydrogen-bond donors (Lipinski definition) is 1. The predicted molar refractivity (Wildman–Crippen MR) is 98.2 cm³/mol. The van der Waals surface area contributed by atoms with Crippen molar-refractivity contribution in [3.8, 4) is 5.75 Å². The molecule has 3 rings (SSSR count). The molecule has 5 nitrogen and oxygen atoms in total. The van der Waals surface area contributed by atoms with Crippen LogP contribution in [0.2, 0.25) is 0 Å². The SMILES string of the molecule is CC(=O)N1C[C@H](C(=O)Nc2c(C)cc(C)cc2C)Oc2ccccc21. The second-order valence-electron chi connectivity index (χ2n) is 6.47. The number of fused-ring (bicyclic) bond motifs is 1. The quantitative estimate of drug-likeness (QED) is 0.913. The molecule has 0 unspecified atom stereocenters. The van der Waals surface area contributed by atoms with E-state index >= 15 is 0 Å². The third-order valence-electron chi connectivity index (χ3n) is 4.37. The van der Waals surface area contributed by atoms with Crippen molar-refractivity contribution in [1.82, 2.24) is 0 Å². The number of amides is 2. The van der Waals surface area contributed by atoms with E-state index in [0.29, 0.717) is 11.4 Å². The third-order valence-corrected chi connectivity index (χ3v) is 4.37. The number of carbonyl (C=O) groups excluding carboxylic acids is 2. The summed E-state index contributed by atoms with van der Waals surface area (Å²) in [6.07, 6.45) is -0.751. The van der Waals surface area contributed by atoms with Gasteiger partial charge in [0, 0.05) is 12.6 Å². The van der Waals surface area contributed by atoms with Gasteiger partial charge < -0.3 is 15.0 Å². The highest BCUT2D eigenvalue weighted by Crippen LogP contribution is 2.33. The fraction of sp³-hybridized carbons (Fsp3) is 0.300. The second-order valence-corrected chi connectivity index (χ2v) is 6.47. The van der Waals surface area contributed by atoms with Crippen molar-refractivity contribution in [3.63, 3.8) is 0 Å². The second kappa shape index (κ2) is 6.59. The maximum Gasteiger partial charge on any atom is 0.267 e. The first-order chi connectivity index (χ1) is 11.9. The third kappa shape index (κ3) is 3.36. The molecule has 0 saturated carbocycles. The Morgan fingerprint density at radius 3 is 2.40 bits per heavy atom. The zero-order valence-electron chi connectivity index (χ0n) is 14.9. The number of anilines is 2. The Bertz CT molecular complexity index is 822. The Hall–Kier alpha value is -2.82. The number of nitrogens with zero attached hydrogens (tertiary/aromatic N) is 1. The van der Waals surface area contributed by atoms with Gasteiger partial charge in [-0.15, -0.1) is 0 Å². The molecule has 0 fully saturated rings. The van der Waals surface area contributed by atoms with Crippen LogP contribution in [-0.2, 0) is 9.59 Å². The number of aryl methyl sites for hydroxylation is 3. The van der Waals surface area contributed by atoms with E-state index in [1.165, 1.54) is 6.92 Å². The van der Waals surface area contributed by atoms with Gasteiger partial charge in [0.05, 0.1) is 12.2 Å². The van der Waals surface area contributed by atoms with Crippen LogP contribution in [0, 0.1) is 20.8 Å². The van der Waals surface area contributed by atoms with Crippen LogP contribution in [-0.4, -0.2) is 24.5 Å². The lowest BCUT2D eigenvalue weighted by Crippen LogP contribution is -2.48. The zero-order chi connectivity index (χ0) is 18.1. The summed E-state index contributed by atoms with van der Waals surface area (Å²) in [6, 6.07) is 11.3. The van der Waals surface area contributed by atoms with E-state index in [-0.39, 0.29) is 18.4 Å². The van der Waals surface area contributed by atoms with Crippen molar-refractivity contribution in [1.29, 1.82) is 0 Å². The number of benzene rings is 2. The minimum absolute atomic E-state index is 0.115. The van der Waals surface area contributed by atoms with Gasteiger partial charge in [-0.1, -0.05) is 29.8 Å². The van der Waals surface area contributed by atoms with Crippen LogP contribution in [0.5, 0.6) is 5.75 Å². The van der Waals surface area contributed by atoms with Crippen LogP contribution in [0.4, 0.5) is 11.4 Å². The predicted octanol–water partition coefficient (Wildman–Crippen LogP) is 3.36. The molecule has 0 aromatic heterocycles. The molecule has 1 N–H and O–H groups in total. The fourth-order valence-corrected chi connectivity index (χ4v) is 3.25. The Balaban J connectivity index is 1.86. The van der Waals surface area contributed by atoms with E-state index in [0.717, 1.165) is 22.4 Å². The lowest BCUT2D eigenvalue weighted by molar-refractivity contribution is -0.123. The monoisotopic (exact) mass is 338 g/mol. The molecule has 0 aliphatic carbocycles. The average molecular weight is 338 g/mol. The first kappa shape index (κ1) is 17.0. The van der Waals surface area contributed by atoms with Crippen LogP contribution in [0.1, 0.15) is 23.6 Å². The van der Waals surface area contributed by atoms with Gasteiger partial charge in [0.25, 0.3) is 5.91 Å². The summed E-state index contributed by atoms with van der Waals surface area (Å²) in [7, 11) is 0. The highest BCUT2D eigenvalue weighted by atomic mass is 16.5. The van der Waals surface area contributed by atoms with E-state index in [4.69, 9.17) is 4.74 Å². The summed E-state index contributed by atoms with van der Waals surface area (Å²) in [4.78, 5) is 26.3. The number of ether oxygens (including phenoxy) is 1. The molecule has 1 atom stereocenters. The molecule has 0 saturated heterocycles. The normalized spacial score (nSPS) is 16.0. The van der Waals surface area contributed by atoms with Gasteiger partial charge in [-0.2, -0.15) is 0 Å². The smallest absolute Gasteiger partial charge is 0.267 e. The molecule has 0 radical (unpaired) electrons. The highest BCUT2D eigenvalue weighted by molar-refractivity contribution is 6.00. The zero-order valence-corrected chi connectivity index (χ0v) is 14.9. The lowest BCUT2D eigenvalue weighted by Gasteiger charge is -2.33. The number of hydrogen-bond acceptors (Lipinski definition) is 3. The summed E-state index contributed by atoms with van der Waals surface area (Å²) in [5.74, 6) is 0.175. The summed E-state index contributed by atoms with van der Waals surface area (Å²) in [6.45, 7) is 7.65. The maximum absolute atomic E-state index is 12.8. The Kier molecular flexibility index (Phi) is 4.49. The Labute approximate surface area is 147 Å². The molecule has 5 heteroatoms. The first-order valence-electron chi connectivity index (χ1n) is 8.29. The largest absolute Gasteiger partial charge is 0.476 e. The standard InChI is InChI=1S/C20H22N2O3/c1-12-9-13(2)19(14(3)10-12)21-20(24)18-11-22(15(4)23)16-7-5-6-8-17(16)25-18/h5-10,18H,11H2,1-4H3,(H,21,24)/t18-/m1/s1. The molecule has 0 spiro atoms. The molecular weight excluding hydrogens is 316 g/mol. The van der Waals surface area contributed by atoms with Gasteiger partial charge >= 0.3 is 0 Å².